The highest BCUT2D eigenvalue weighted by Crippen LogP contribution is 2.16. The van der Waals surface area contributed by atoms with Crippen molar-refractivity contribution in [3.63, 3.8) is 0 Å². The first-order valence-electron chi connectivity index (χ1n) is 7.12. The van der Waals surface area contributed by atoms with Gasteiger partial charge in [0.15, 0.2) is 5.82 Å². The summed E-state index contributed by atoms with van der Waals surface area (Å²) in [5.74, 6) is 1.19. The summed E-state index contributed by atoms with van der Waals surface area (Å²) in [5.41, 5.74) is 5.47. The Bertz CT molecular complexity index is 462. The average Bonchev–Trinajstić information content (AvgIpc) is 2.78. The fourth-order valence-corrected chi connectivity index (χ4v) is 1.84. The molecule has 0 amide bonds. The van der Waals surface area contributed by atoms with Gasteiger partial charge < -0.3 is 10.5 Å². The van der Waals surface area contributed by atoms with E-state index in [-0.39, 0.29) is 6.04 Å². The van der Waals surface area contributed by atoms with Gasteiger partial charge in [-0.1, -0.05) is 13.8 Å². The summed E-state index contributed by atoms with van der Waals surface area (Å²) < 4.78 is 7.07. The maximum atomic E-state index is 12.0. The van der Waals surface area contributed by atoms with Gasteiger partial charge >= 0.3 is 5.97 Å². The molecule has 0 fully saturated rings. The Morgan fingerprint density at radius 3 is 2.40 bits per heavy atom. The number of hydrogen-bond donors (Lipinski definition) is 1. The molecule has 0 saturated heterocycles. The van der Waals surface area contributed by atoms with Crippen LogP contribution in [0, 0.1) is 0 Å². The van der Waals surface area contributed by atoms with Crippen molar-refractivity contribution >= 4 is 5.97 Å². The van der Waals surface area contributed by atoms with E-state index in [9.17, 15) is 4.79 Å². The summed E-state index contributed by atoms with van der Waals surface area (Å²) >= 11 is 0. The summed E-state index contributed by atoms with van der Waals surface area (Å²) in [6.45, 7) is 11.3. The van der Waals surface area contributed by atoms with Gasteiger partial charge in [-0.2, -0.15) is 5.10 Å². The molecule has 0 aliphatic heterocycles. The minimum Gasteiger partial charge on any atom is -0.459 e. The predicted octanol–water partition coefficient (Wildman–Crippen LogP) is 1.63. The van der Waals surface area contributed by atoms with Crippen LogP contribution in [0.5, 0.6) is 0 Å². The van der Waals surface area contributed by atoms with Crippen LogP contribution in [0.1, 0.15) is 59.2 Å². The molecule has 0 aromatic carbocycles. The van der Waals surface area contributed by atoms with Gasteiger partial charge in [0.2, 0.25) is 0 Å². The molecule has 2 atom stereocenters. The normalized spacial score (nSPS) is 14.9. The van der Waals surface area contributed by atoms with Crippen LogP contribution in [-0.4, -0.2) is 32.4 Å². The fraction of sp³-hybridized carbons (Fsp3) is 0.786. The Balaban J connectivity index is 2.90. The van der Waals surface area contributed by atoms with Crippen LogP contribution in [-0.2, 0) is 22.4 Å². The van der Waals surface area contributed by atoms with Gasteiger partial charge in [-0.15, -0.1) is 0 Å². The minimum absolute atomic E-state index is 0.285. The standard InChI is InChI=1S/C14H26N4O2/c1-7-10-16-11(8-2)18(17-10)9(3)12(15)13(19)20-14(4,5)6/h9,12H,7-8,15H2,1-6H3. The Morgan fingerprint density at radius 2 is 1.95 bits per heavy atom. The van der Waals surface area contributed by atoms with E-state index >= 15 is 0 Å². The van der Waals surface area contributed by atoms with Gasteiger partial charge in [-0.3, -0.25) is 4.79 Å². The zero-order valence-corrected chi connectivity index (χ0v) is 13.3. The fourth-order valence-electron chi connectivity index (χ4n) is 1.84. The van der Waals surface area contributed by atoms with Crippen molar-refractivity contribution in [3.8, 4) is 0 Å². The molecule has 6 nitrogen and oxygen atoms in total. The van der Waals surface area contributed by atoms with E-state index in [0.717, 1.165) is 24.5 Å². The number of aromatic nitrogens is 3. The Morgan fingerprint density at radius 1 is 1.35 bits per heavy atom. The second-order valence-electron chi connectivity index (χ2n) is 5.90. The van der Waals surface area contributed by atoms with Crippen molar-refractivity contribution in [1.82, 2.24) is 14.8 Å². The molecule has 20 heavy (non-hydrogen) atoms. The number of esters is 1. The van der Waals surface area contributed by atoms with E-state index < -0.39 is 17.6 Å². The van der Waals surface area contributed by atoms with Crippen molar-refractivity contribution < 1.29 is 9.53 Å². The Labute approximate surface area is 120 Å². The van der Waals surface area contributed by atoms with Crippen molar-refractivity contribution in [1.29, 1.82) is 0 Å². The lowest BCUT2D eigenvalue weighted by Gasteiger charge is -2.25. The number of carbonyl (C=O) groups is 1. The second kappa shape index (κ2) is 6.35. The van der Waals surface area contributed by atoms with Crippen LogP contribution >= 0.6 is 0 Å². The van der Waals surface area contributed by atoms with Crippen LogP contribution in [0.2, 0.25) is 0 Å². The SMILES string of the molecule is CCc1nc(CC)n(C(C)C(N)C(=O)OC(C)(C)C)n1. The highest BCUT2D eigenvalue weighted by atomic mass is 16.6. The largest absolute Gasteiger partial charge is 0.459 e. The summed E-state index contributed by atoms with van der Waals surface area (Å²) in [4.78, 5) is 16.5. The van der Waals surface area contributed by atoms with Crippen LogP contribution in [0.15, 0.2) is 0 Å². The van der Waals surface area contributed by atoms with E-state index in [4.69, 9.17) is 10.5 Å². The topological polar surface area (TPSA) is 83.0 Å². The first kappa shape index (κ1) is 16.6. The molecule has 0 saturated carbocycles. The van der Waals surface area contributed by atoms with Crippen molar-refractivity contribution in [3.05, 3.63) is 11.6 Å². The molecule has 1 rings (SSSR count). The van der Waals surface area contributed by atoms with Crippen molar-refractivity contribution in [2.24, 2.45) is 5.73 Å². The first-order valence-corrected chi connectivity index (χ1v) is 7.12. The summed E-state index contributed by atoms with van der Waals surface area (Å²) in [5, 5.41) is 4.42. The monoisotopic (exact) mass is 282 g/mol. The van der Waals surface area contributed by atoms with E-state index in [1.54, 1.807) is 4.68 Å². The molecule has 0 aliphatic carbocycles. The maximum absolute atomic E-state index is 12.0. The molecule has 2 N–H and O–H groups in total. The Hall–Kier alpha value is -1.43. The molecule has 0 spiro atoms. The van der Waals surface area contributed by atoms with Gasteiger partial charge in [0.25, 0.3) is 0 Å². The van der Waals surface area contributed by atoms with Crippen molar-refractivity contribution in [2.45, 2.75) is 72.1 Å². The summed E-state index contributed by atoms with van der Waals surface area (Å²) in [6.07, 6.45) is 1.51. The van der Waals surface area contributed by atoms with Crippen LogP contribution in [0.3, 0.4) is 0 Å². The average molecular weight is 282 g/mol. The third-order valence-electron chi connectivity index (χ3n) is 2.96. The lowest BCUT2D eigenvalue weighted by atomic mass is 10.1. The minimum atomic E-state index is -0.758. The van der Waals surface area contributed by atoms with E-state index in [2.05, 4.69) is 10.1 Å². The molecule has 114 valence electrons. The van der Waals surface area contributed by atoms with E-state index in [1.807, 2.05) is 41.5 Å². The van der Waals surface area contributed by atoms with Gasteiger partial charge in [0.05, 0.1) is 6.04 Å². The Kier molecular flexibility index (Phi) is 5.28. The zero-order chi connectivity index (χ0) is 15.5. The summed E-state index contributed by atoms with van der Waals surface area (Å²) in [7, 11) is 0. The molecule has 6 heteroatoms. The lowest BCUT2D eigenvalue weighted by Crippen LogP contribution is -2.43. The van der Waals surface area contributed by atoms with Gasteiger partial charge in [0, 0.05) is 12.8 Å². The molecule has 1 heterocycles. The molecule has 0 bridgehead atoms. The quantitative estimate of drug-likeness (QED) is 0.830. The highest BCUT2D eigenvalue weighted by Gasteiger charge is 2.29. The van der Waals surface area contributed by atoms with Gasteiger partial charge in [-0.05, 0) is 27.7 Å². The molecular weight excluding hydrogens is 256 g/mol. The predicted molar refractivity (Wildman–Crippen MR) is 77.3 cm³/mol. The molecule has 1 aromatic rings. The number of rotatable bonds is 5. The van der Waals surface area contributed by atoms with E-state index in [0.29, 0.717) is 0 Å². The number of nitrogens with zero attached hydrogens (tertiary/aromatic N) is 3. The lowest BCUT2D eigenvalue weighted by molar-refractivity contribution is -0.157. The third kappa shape index (κ3) is 4.03. The van der Waals surface area contributed by atoms with Gasteiger partial charge in [-0.25, -0.2) is 9.67 Å². The zero-order valence-electron chi connectivity index (χ0n) is 13.3. The number of ether oxygens (including phenoxy) is 1. The highest BCUT2D eigenvalue weighted by molar-refractivity contribution is 5.76. The summed E-state index contributed by atoms with van der Waals surface area (Å²) in [6, 6.07) is -1.04. The van der Waals surface area contributed by atoms with Crippen LogP contribution < -0.4 is 5.73 Å². The molecule has 1 aromatic heterocycles. The second-order valence-corrected chi connectivity index (χ2v) is 5.90. The molecule has 2 unspecified atom stereocenters. The first-order chi connectivity index (χ1) is 9.19. The van der Waals surface area contributed by atoms with E-state index in [1.165, 1.54) is 0 Å². The molecular formula is C14H26N4O2. The van der Waals surface area contributed by atoms with Crippen molar-refractivity contribution in [2.75, 3.05) is 0 Å². The van der Waals surface area contributed by atoms with Crippen LogP contribution in [0.4, 0.5) is 0 Å². The number of hydrogen-bond acceptors (Lipinski definition) is 5. The number of aryl methyl sites for hydroxylation is 2. The maximum Gasteiger partial charge on any atom is 0.325 e. The third-order valence-corrected chi connectivity index (χ3v) is 2.96. The van der Waals surface area contributed by atoms with Gasteiger partial charge in [0.1, 0.15) is 17.5 Å². The molecule has 0 radical (unpaired) electrons. The smallest absolute Gasteiger partial charge is 0.325 e. The molecule has 0 aliphatic rings. The van der Waals surface area contributed by atoms with Crippen LogP contribution in [0.25, 0.3) is 0 Å². The number of nitrogens with two attached hydrogens (primary N) is 1. The number of carbonyl (C=O) groups excluding carboxylic acids is 1.